The molecule has 0 amide bonds. The molecule has 0 aromatic heterocycles. The van der Waals surface area contributed by atoms with Crippen LogP contribution in [0.4, 0.5) is 0 Å². The van der Waals surface area contributed by atoms with Gasteiger partial charge in [-0.1, -0.05) is 0 Å². The molecule has 2 nitrogen and oxygen atoms in total. The zero-order valence-corrected chi connectivity index (χ0v) is 10.4. The number of hydrogen-bond acceptors (Lipinski definition) is 2. The number of halogens is 1. The van der Waals surface area contributed by atoms with Crippen molar-refractivity contribution in [3.05, 3.63) is 24.0 Å². The molecule has 2 aliphatic heterocycles. The van der Waals surface area contributed by atoms with E-state index >= 15 is 0 Å². The van der Waals surface area contributed by atoms with E-state index < -0.39 is 0 Å². The standard InChI is InChI=1S/C10H16N2.HI/c1-11-8-4-10(5-9-11)12-6-2-3-7-12;/h4-5,8H,2-3,6-7,9H2,1H3;1H. The lowest BCUT2D eigenvalue weighted by Crippen LogP contribution is -2.22. The van der Waals surface area contributed by atoms with E-state index in [1.54, 1.807) is 0 Å². The lowest BCUT2D eigenvalue weighted by atomic mass is 10.3. The Morgan fingerprint density at radius 3 is 2.46 bits per heavy atom. The molecule has 0 unspecified atom stereocenters. The average Bonchev–Trinajstić information content (AvgIpc) is 2.58. The number of allylic oxidation sites excluding steroid dienone is 1. The molecule has 74 valence electrons. The van der Waals surface area contributed by atoms with Crippen LogP contribution >= 0.6 is 24.0 Å². The Balaban J connectivity index is 0.000000845. The number of likely N-dealkylation sites (N-methyl/N-ethyl adjacent to an activating group) is 1. The first kappa shape index (κ1) is 10.9. The van der Waals surface area contributed by atoms with Gasteiger partial charge in [-0.2, -0.15) is 0 Å². The minimum atomic E-state index is 0. The lowest BCUT2D eigenvalue weighted by Gasteiger charge is -2.24. The van der Waals surface area contributed by atoms with E-state index in [9.17, 15) is 0 Å². The molecule has 1 saturated heterocycles. The first-order valence-corrected chi connectivity index (χ1v) is 4.70. The second-order valence-corrected chi connectivity index (χ2v) is 3.58. The molecule has 0 aliphatic carbocycles. The van der Waals surface area contributed by atoms with Crippen LogP contribution in [0.25, 0.3) is 0 Å². The highest BCUT2D eigenvalue weighted by molar-refractivity contribution is 14.0. The Kier molecular flexibility index (Phi) is 4.09. The third-order valence-electron chi connectivity index (χ3n) is 2.56. The minimum absolute atomic E-state index is 0. The van der Waals surface area contributed by atoms with Gasteiger partial charge in [0.05, 0.1) is 0 Å². The Bertz CT molecular complexity index is 217. The Morgan fingerprint density at radius 1 is 1.23 bits per heavy atom. The van der Waals surface area contributed by atoms with Gasteiger partial charge in [0.2, 0.25) is 0 Å². The average molecular weight is 292 g/mol. The van der Waals surface area contributed by atoms with E-state index in [1.807, 2.05) is 0 Å². The van der Waals surface area contributed by atoms with Crippen LogP contribution in [0.3, 0.4) is 0 Å². The molecular weight excluding hydrogens is 275 g/mol. The zero-order valence-electron chi connectivity index (χ0n) is 8.07. The maximum atomic E-state index is 2.48. The van der Waals surface area contributed by atoms with Crippen LogP contribution in [0.5, 0.6) is 0 Å². The van der Waals surface area contributed by atoms with Crippen LogP contribution in [0.15, 0.2) is 24.0 Å². The third-order valence-corrected chi connectivity index (χ3v) is 2.56. The predicted octanol–water partition coefficient (Wildman–Crippen LogP) is 2.04. The summed E-state index contributed by atoms with van der Waals surface area (Å²) in [5, 5.41) is 0. The smallest absolute Gasteiger partial charge is 0.0373 e. The normalized spacial score (nSPS) is 21.5. The van der Waals surface area contributed by atoms with Gasteiger partial charge in [-0.05, 0) is 25.0 Å². The molecule has 0 saturated carbocycles. The molecule has 0 aromatic rings. The zero-order chi connectivity index (χ0) is 8.39. The van der Waals surface area contributed by atoms with Crippen LogP contribution in [-0.2, 0) is 0 Å². The fraction of sp³-hybridized carbons (Fsp3) is 0.600. The number of nitrogens with zero attached hydrogens (tertiary/aromatic N) is 2. The van der Waals surface area contributed by atoms with Crippen molar-refractivity contribution in [1.82, 2.24) is 9.80 Å². The fourth-order valence-corrected chi connectivity index (χ4v) is 1.78. The molecule has 1 fully saturated rings. The first-order chi connectivity index (χ1) is 5.86. The van der Waals surface area contributed by atoms with E-state index in [2.05, 4.69) is 35.2 Å². The Morgan fingerprint density at radius 2 is 1.92 bits per heavy atom. The van der Waals surface area contributed by atoms with Gasteiger partial charge in [-0.25, -0.2) is 0 Å². The summed E-state index contributed by atoms with van der Waals surface area (Å²) in [7, 11) is 2.10. The van der Waals surface area contributed by atoms with Gasteiger partial charge in [0.15, 0.2) is 0 Å². The molecule has 2 rings (SSSR count). The Hall–Kier alpha value is -0.190. The number of hydrogen-bond donors (Lipinski definition) is 0. The largest absolute Gasteiger partial charge is 0.377 e. The molecule has 0 bridgehead atoms. The van der Waals surface area contributed by atoms with Crippen molar-refractivity contribution < 1.29 is 0 Å². The van der Waals surface area contributed by atoms with Crippen molar-refractivity contribution in [2.75, 3.05) is 26.7 Å². The van der Waals surface area contributed by atoms with Gasteiger partial charge in [0.1, 0.15) is 0 Å². The second kappa shape index (κ2) is 4.88. The van der Waals surface area contributed by atoms with E-state index in [4.69, 9.17) is 0 Å². The van der Waals surface area contributed by atoms with Gasteiger partial charge in [-0.3, -0.25) is 0 Å². The molecular formula is C10H17IN2. The van der Waals surface area contributed by atoms with Crippen molar-refractivity contribution in [2.45, 2.75) is 12.8 Å². The minimum Gasteiger partial charge on any atom is -0.377 e. The Labute approximate surface area is 97.3 Å². The summed E-state index contributed by atoms with van der Waals surface area (Å²) in [6.07, 6.45) is 9.41. The lowest BCUT2D eigenvalue weighted by molar-refractivity contribution is 0.418. The molecule has 0 spiro atoms. The highest BCUT2D eigenvalue weighted by Gasteiger charge is 2.13. The van der Waals surface area contributed by atoms with E-state index in [-0.39, 0.29) is 24.0 Å². The number of likely N-dealkylation sites (tertiary alicyclic amines) is 1. The molecule has 0 aromatic carbocycles. The van der Waals surface area contributed by atoms with Crippen LogP contribution in [-0.4, -0.2) is 36.5 Å². The van der Waals surface area contributed by atoms with E-state index in [0.29, 0.717) is 0 Å². The molecule has 0 atom stereocenters. The second-order valence-electron chi connectivity index (χ2n) is 3.58. The summed E-state index contributed by atoms with van der Waals surface area (Å²) < 4.78 is 0. The predicted molar refractivity (Wildman–Crippen MR) is 66.1 cm³/mol. The van der Waals surface area contributed by atoms with Crippen molar-refractivity contribution >= 4 is 24.0 Å². The van der Waals surface area contributed by atoms with Crippen molar-refractivity contribution in [3.63, 3.8) is 0 Å². The maximum absolute atomic E-state index is 2.48. The summed E-state index contributed by atoms with van der Waals surface area (Å²) >= 11 is 0. The summed E-state index contributed by atoms with van der Waals surface area (Å²) in [6.45, 7) is 3.56. The summed E-state index contributed by atoms with van der Waals surface area (Å²) in [5.41, 5.74) is 1.42. The van der Waals surface area contributed by atoms with Gasteiger partial charge in [0.25, 0.3) is 0 Å². The molecule has 2 heterocycles. The molecule has 13 heavy (non-hydrogen) atoms. The molecule has 0 N–H and O–H groups in total. The third kappa shape index (κ3) is 2.62. The van der Waals surface area contributed by atoms with Crippen LogP contribution < -0.4 is 0 Å². The van der Waals surface area contributed by atoms with Gasteiger partial charge < -0.3 is 9.80 Å². The van der Waals surface area contributed by atoms with Crippen molar-refractivity contribution in [3.8, 4) is 0 Å². The van der Waals surface area contributed by atoms with Crippen molar-refractivity contribution in [2.24, 2.45) is 0 Å². The van der Waals surface area contributed by atoms with Gasteiger partial charge in [0, 0.05) is 38.6 Å². The van der Waals surface area contributed by atoms with E-state index in [1.165, 1.54) is 31.6 Å². The van der Waals surface area contributed by atoms with Crippen LogP contribution in [0.2, 0.25) is 0 Å². The highest BCUT2D eigenvalue weighted by atomic mass is 127. The van der Waals surface area contributed by atoms with Crippen LogP contribution in [0, 0.1) is 0 Å². The molecule has 0 radical (unpaired) electrons. The van der Waals surface area contributed by atoms with E-state index in [0.717, 1.165) is 6.54 Å². The topological polar surface area (TPSA) is 6.48 Å². The SMILES string of the molecule is CN1C=CC(N2CCCC2)=CC1.I. The summed E-state index contributed by atoms with van der Waals surface area (Å²) in [6, 6.07) is 0. The van der Waals surface area contributed by atoms with Gasteiger partial charge in [-0.15, -0.1) is 24.0 Å². The maximum Gasteiger partial charge on any atom is 0.0373 e. The molecule has 3 heteroatoms. The monoisotopic (exact) mass is 292 g/mol. The fourth-order valence-electron chi connectivity index (χ4n) is 1.78. The summed E-state index contributed by atoms with van der Waals surface area (Å²) in [4.78, 5) is 4.67. The van der Waals surface area contributed by atoms with Crippen molar-refractivity contribution in [1.29, 1.82) is 0 Å². The summed E-state index contributed by atoms with van der Waals surface area (Å²) in [5.74, 6) is 0. The number of rotatable bonds is 1. The first-order valence-electron chi connectivity index (χ1n) is 4.70. The van der Waals surface area contributed by atoms with Crippen LogP contribution in [0.1, 0.15) is 12.8 Å². The molecule has 2 aliphatic rings. The highest BCUT2D eigenvalue weighted by Crippen LogP contribution is 2.17. The quantitative estimate of drug-likeness (QED) is 0.682. The van der Waals surface area contributed by atoms with Gasteiger partial charge >= 0.3 is 0 Å².